The van der Waals surface area contributed by atoms with E-state index in [1.165, 1.54) is 6.26 Å². The Labute approximate surface area is 188 Å². The molecule has 31 heavy (non-hydrogen) atoms. The van der Waals surface area contributed by atoms with Gasteiger partial charge in [0.15, 0.2) is 0 Å². The Morgan fingerprint density at radius 3 is 2.35 bits per heavy atom. The predicted octanol–water partition coefficient (Wildman–Crippen LogP) is 4.55. The molecule has 0 spiro atoms. The Morgan fingerprint density at radius 2 is 1.84 bits per heavy atom. The normalized spacial score (nSPS) is 14.5. The third-order valence-corrected chi connectivity index (χ3v) is 3.99. The monoisotopic (exact) mass is 427 g/mol. The SMILES string of the molecule is C=C(/C=N\N(C)C)C/C=c1\c(=C/C)nc(C(=C)C=N/C=C/OC)n1C1CC1.CC.CC. The van der Waals surface area contributed by atoms with E-state index in [9.17, 15) is 0 Å². The summed E-state index contributed by atoms with van der Waals surface area (Å²) < 4.78 is 7.13. The van der Waals surface area contributed by atoms with E-state index in [0.29, 0.717) is 12.5 Å². The van der Waals surface area contributed by atoms with E-state index in [1.807, 2.05) is 54.8 Å². The number of aliphatic imine (C=N–C) groups is 1. The van der Waals surface area contributed by atoms with E-state index < -0.39 is 0 Å². The molecule has 1 aromatic rings. The zero-order valence-electron chi connectivity index (χ0n) is 20.7. The molecule has 172 valence electrons. The predicted molar refractivity (Wildman–Crippen MR) is 137 cm³/mol. The topological polar surface area (TPSA) is 55.0 Å². The van der Waals surface area contributed by atoms with Crippen molar-refractivity contribution in [1.82, 2.24) is 14.6 Å². The number of aromatic nitrogens is 2. The second kappa shape index (κ2) is 15.9. The summed E-state index contributed by atoms with van der Waals surface area (Å²) >= 11 is 0. The number of allylic oxidation sites excluding steroid dienone is 2. The highest BCUT2D eigenvalue weighted by Gasteiger charge is 2.27. The van der Waals surface area contributed by atoms with Crippen LogP contribution in [-0.2, 0) is 4.74 Å². The molecule has 0 radical (unpaired) electrons. The van der Waals surface area contributed by atoms with Crippen molar-refractivity contribution < 1.29 is 4.74 Å². The second-order valence-electron chi connectivity index (χ2n) is 6.58. The second-order valence-corrected chi connectivity index (χ2v) is 6.58. The van der Waals surface area contributed by atoms with Gasteiger partial charge in [0.2, 0.25) is 0 Å². The van der Waals surface area contributed by atoms with Gasteiger partial charge in [-0.15, -0.1) is 0 Å². The van der Waals surface area contributed by atoms with Crippen LogP contribution in [0.1, 0.15) is 65.7 Å². The number of hydrazone groups is 1. The summed E-state index contributed by atoms with van der Waals surface area (Å²) in [6.45, 7) is 18.2. The average molecular weight is 428 g/mol. The lowest BCUT2D eigenvalue weighted by atomic mass is 10.2. The van der Waals surface area contributed by atoms with Gasteiger partial charge in [0.25, 0.3) is 0 Å². The fraction of sp³-hybridized carbons (Fsp3) is 0.480. The van der Waals surface area contributed by atoms with E-state index in [2.05, 4.69) is 33.9 Å². The van der Waals surface area contributed by atoms with E-state index in [0.717, 1.165) is 40.5 Å². The summed E-state index contributed by atoms with van der Waals surface area (Å²) in [7, 11) is 5.37. The van der Waals surface area contributed by atoms with Crippen molar-refractivity contribution in [3.05, 3.63) is 47.7 Å². The lowest BCUT2D eigenvalue weighted by Gasteiger charge is -2.06. The molecule has 1 saturated carbocycles. The standard InChI is InChI=1S/C21H29N5O.2C2H6/c1-7-19-20(11-8-16(2)14-23-25(4)5)26(18-9-10-18)21(24-19)17(3)15-22-12-13-27-6;2*1-2/h7,11-15,18H,2-3,8-10H2,1,4-6H3;2*1-2H3/b13-12+,19-7+,20-11+,22-15?,23-14-;;. The van der Waals surface area contributed by atoms with Gasteiger partial charge in [-0.25, -0.2) is 4.98 Å². The molecule has 0 N–H and O–H groups in total. The van der Waals surface area contributed by atoms with Crippen LogP contribution in [-0.4, -0.2) is 48.2 Å². The summed E-state index contributed by atoms with van der Waals surface area (Å²) in [5.41, 5.74) is 1.72. The zero-order valence-corrected chi connectivity index (χ0v) is 20.7. The Balaban J connectivity index is 0.00000212. The maximum Gasteiger partial charge on any atom is 0.142 e. The molecular weight excluding hydrogens is 386 g/mol. The van der Waals surface area contributed by atoms with Gasteiger partial charge in [0.1, 0.15) is 12.1 Å². The molecule has 0 amide bonds. The largest absolute Gasteiger partial charge is 0.503 e. The lowest BCUT2D eigenvalue weighted by Crippen LogP contribution is -2.30. The van der Waals surface area contributed by atoms with Crippen LogP contribution in [0.4, 0.5) is 0 Å². The zero-order chi connectivity index (χ0) is 23.8. The number of hydrogen-bond donors (Lipinski definition) is 0. The number of imidazole rings is 1. The van der Waals surface area contributed by atoms with Crippen LogP contribution in [0.15, 0.2) is 41.3 Å². The average Bonchev–Trinajstić information content (AvgIpc) is 3.56. The number of rotatable bonds is 9. The third-order valence-electron chi connectivity index (χ3n) is 3.99. The number of nitrogens with zero attached hydrogens (tertiary/aromatic N) is 5. The number of hydrogen-bond acceptors (Lipinski definition) is 5. The first-order valence-electron chi connectivity index (χ1n) is 11.0. The quantitative estimate of drug-likeness (QED) is 0.330. The van der Waals surface area contributed by atoms with Crippen LogP contribution >= 0.6 is 0 Å². The molecule has 0 aromatic carbocycles. The Hall–Kier alpha value is -2.89. The molecule has 1 fully saturated rings. The summed E-state index contributed by atoms with van der Waals surface area (Å²) in [6, 6.07) is 0.468. The number of methoxy groups -OCH3 is 1. The van der Waals surface area contributed by atoms with Crippen LogP contribution in [0.5, 0.6) is 0 Å². The summed E-state index contributed by atoms with van der Waals surface area (Å²) in [5, 5.41) is 8.06. The molecule has 0 saturated heterocycles. The van der Waals surface area contributed by atoms with Crippen LogP contribution in [0, 0.1) is 0 Å². The van der Waals surface area contributed by atoms with Crippen LogP contribution < -0.4 is 10.7 Å². The molecule has 6 nitrogen and oxygen atoms in total. The van der Waals surface area contributed by atoms with Crippen molar-refractivity contribution in [3.63, 3.8) is 0 Å². The fourth-order valence-corrected chi connectivity index (χ4v) is 2.57. The van der Waals surface area contributed by atoms with Crippen LogP contribution in [0.25, 0.3) is 17.7 Å². The summed E-state index contributed by atoms with van der Waals surface area (Å²) in [5.74, 6) is 0.860. The third kappa shape index (κ3) is 9.64. The minimum atomic E-state index is 0.468. The van der Waals surface area contributed by atoms with Gasteiger partial charge in [-0.3, -0.25) is 4.99 Å². The maximum absolute atomic E-state index is 4.85. The molecule has 1 aliphatic rings. The van der Waals surface area contributed by atoms with Crippen molar-refractivity contribution >= 4 is 30.2 Å². The van der Waals surface area contributed by atoms with Crippen molar-refractivity contribution in [3.8, 4) is 0 Å². The molecule has 0 bridgehead atoms. The van der Waals surface area contributed by atoms with Crippen molar-refractivity contribution in [2.45, 2.75) is 59.9 Å². The van der Waals surface area contributed by atoms with Gasteiger partial charge in [-0.1, -0.05) is 53.0 Å². The highest BCUT2D eigenvalue weighted by Crippen LogP contribution is 2.35. The molecule has 0 atom stereocenters. The molecule has 1 aliphatic carbocycles. The summed E-state index contributed by atoms with van der Waals surface area (Å²) in [6.07, 6.45) is 13.8. The Bertz CT molecular complexity index is 884. The smallest absolute Gasteiger partial charge is 0.142 e. The minimum absolute atomic E-state index is 0.468. The maximum atomic E-state index is 4.85. The Morgan fingerprint density at radius 1 is 1.19 bits per heavy atom. The van der Waals surface area contributed by atoms with Gasteiger partial charge in [0.05, 0.1) is 24.0 Å². The highest BCUT2D eigenvalue weighted by atomic mass is 16.5. The first-order chi connectivity index (χ1) is 15.0. The van der Waals surface area contributed by atoms with E-state index in [4.69, 9.17) is 9.72 Å². The van der Waals surface area contributed by atoms with Gasteiger partial charge in [-0.2, -0.15) is 5.10 Å². The molecular formula is C25H41N5O. The van der Waals surface area contributed by atoms with Gasteiger partial charge in [-0.05, 0) is 31.8 Å². The van der Waals surface area contributed by atoms with Gasteiger partial charge in [0, 0.05) is 38.1 Å². The van der Waals surface area contributed by atoms with Crippen molar-refractivity contribution in [2.75, 3.05) is 21.2 Å². The summed E-state index contributed by atoms with van der Waals surface area (Å²) in [4.78, 5) is 9.00. The van der Waals surface area contributed by atoms with Gasteiger partial charge < -0.3 is 14.3 Å². The van der Waals surface area contributed by atoms with E-state index >= 15 is 0 Å². The van der Waals surface area contributed by atoms with Crippen molar-refractivity contribution in [1.29, 1.82) is 0 Å². The highest BCUT2D eigenvalue weighted by molar-refractivity contribution is 6.07. The minimum Gasteiger partial charge on any atom is -0.503 e. The Kier molecular flexibility index (Phi) is 14.4. The molecule has 6 heteroatoms. The van der Waals surface area contributed by atoms with Crippen molar-refractivity contribution in [2.24, 2.45) is 10.1 Å². The molecule has 1 heterocycles. The van der Waals surface area contributed by atoms with Crippen LogP contribution in [0.2, 0.25) is 0 Å². The fourth-order valence-electron chi connectivity index (χ4n) is 2.57. The van der Waals surface area contributed by atoms with Crippen LogP contribution in [0.3, 0.4) is 0 Å². The lowest BCUT2D eigenvalue weighted by molar-refractivity contribution is 0.337. The van der Waals surface area contributed by atoms with E-state index in [1.54, 1.807) is 30.7 Å². The molecule has 2 rings (SSSR count). The molecule has 0 unspecified atom stereocenters. The van der Waals surface area contributed by atoms with E-state index in [-0.39, 0.29) is 0 Å². The first kappa shape index (κ1) is 28.1. The first-order valence-corrected chi connectivity index (χ1v) is 11.0. The molecule has 1 aromatic heterocycles. The van der Waals surface area contributed by atoms with Gasteiger partial charge >= 0.3 is 0 Å². The number of ether oxygens (including phenoxy) is 1. The molecule has 0 aliphatic heterocycles.